The van der Waals surface area contributed by atoms with Gasteiger partial charge in [-0.2, -0.15) is 0 Å². The van der Waals surface area contributed by atoms with Crippen molar-refractivity contribution in [3.8, 4) is 0 Å². The Hall–Kier alpha value is -1.64. The molecule has 0 saturated heterocycles. The van der Waals surface area contributed by atoms with Crippen LogP contribution in [-0.2, 0) is 15.9 Å². The summed E-state index contributed by atoms with van der Waals surface area (Å²) in [5.74, 6) is -0.172. The van der Waals surface area contributed by atoms with E-state index in [4.69, 9.17) is 14.6 Å². The molecule has 3 heteroatoms. The van der Waals surface area contributed by atoms with Gasteiger partial charge in [0.15, 0.2) is 6.26 Å². The lowest BCUT2D eigenvalue weighted by Gasteiger charge is -2.10. The van der Waals surface area contributed by atoms with Crippen LogP contribution < -0.4 is 0 Å². The number of hydrogen-bond donors (Lipinski definition) is 1. The average Bonchev–Trinajstić information content (AvgIpc) is 2.65. The van der Waals surface area contributed by atoms with E-state index in [-0.39, 0.29) is 5.95 Å². The van der Waals surface area contributed by atoms with E-state index in [1.165, 1.54) is 11.8 Å². The maximum atomic E-state index is 8.98. The molecule has 0 radical (unpaired) electrons. The Morgan fingerprint density at radius 2 is 2.00 bits per heavy atom. The first kappa shape index (κ1) is 8.94. The smallest absolute Gasteiger partial charge is 0.316 e. The van der Waals surface area contributed by atoms with Crippen molar-refractivity contribution >= 4 is 0 Å². The maximum absolute atomic E-state index is 8.98. The van der Waals surface area contributed by atoms with E-state index >= 15 is 0 Å². The SMILES string of the molecule is CCc1ccc(C2OC=C(O)O2)cc1. The van der Waals surface area contributed by atoms with Gasteiger partial charge in [0, 0.05) is 5.56 Å². The number of ether oxygens (including phenoxy) is 2. The topological polar surface area (TPSA) is 38.7 Å². The van der Waals surface area contributed by atoms with Gasteiger partial charge < -0.3 is 14.6 Å². The molecule has 0 saturated carbocycles. The van der Waals surface area contributed by atoms with E-state index in [9.17, 15) is 0 Å². The highest BCUT2D eigenvalue weighted by molar-refractivity contribution is 5.24. The molecule has 74 valence electrons. The molecule has 0 aromatic heterocycles. The zero-order chi connectivity index (χ0) is 9.97. The average molecular weight is 192 g/mol. The molecule has 1 aromatic carbocycles. The second-order valence-electron chi connectivity index (χ2n) is 3.14. The van der Waals surface area contributed by atoms with Crippen molar-refractivity contribution in [1.82, 2.24) is 0 Å². The predicted molar refractivity (Wildman–Crippen MR) is 51.4 cm³/mol. The van der Waals surface area contributed by atoms with Crippen molar-refractivity contribution in [2.45, 2.75) is 19.6 Å². The van der Waals surface area contributed by atoms with Gasteiger partial charge in [0.2, 0.25) is 0 Å². The van der Waals surface area contributed by atoms with E-state index in [0.29, 0.717) is 0 Å². The standard InChI is InChI=1S/C11H12O3/c1-2-8-3-5-9(6-4-8)11-13-7-10(12)14-11/h3-7,11-12H,2H2,1H3. The molecule has 1 aliphatic rings. The fourth-order valence-electron chi connectivity index (χ4n) is 1.34. The van der Waals surface area contributed by atoms with Crippen LogP contribution in [0, 0.1) is 0 Å². The number of rotatable bonds is 2. The van der Waals surface area contributed by atoms with Crippen LogP contribution in [0.2, 0.25) is 0 Å². The van der Waals surface area contributed by atoms with E-state index < -0.39 is 6.29 Å². The van der Waals surface area contributed by atoms with Crippen molar-refractivity contribution in [2.75, 3.05) is 0 Å². The van der Waals surface area contributed by atoms with E-state index in [1.807, 2.05) is 24.3 Å². The summed E-state index contributed by atoms with van der Waals surface area (Å²) in [6, 6.07) is 7.93. The Morgan fingerprint density at radius 3 is 2.50 bits per heavy atom. The number of hydrogen-bond acceptors (Lipinski definition) is 3. The highest BCUT2D eigenvalue weighted by Gasteiger charge is 2.20. The van der Waals surface area contributed by atoms with Crippen LogP contribution in [0.1, 0.15) is 24.3 Å². The lowest BCUT2D eigenvalue weighted by atomic mass is 10.1. The first-order chi connectivity index (χ1) is 6.79. The van der Waals surface area contributed by atoms with Crippen LogP contribution in [0.3, 0.4) is 0 Å². The minimum Gasteiger partial charge on any atom is -0.479 e. The highest BCUT2D eigenvalue weighted by atomic mass is 16.8. The molecule has 1 heterocycles. The molecule has 0 bridgehead atoms. The summed E-state index contributed by atoms with van der Waals surface area (Å²) in [5, 5.41) is 8.98. The first-order valence-electron chi connectivity index (χ1n) is 4.59. The Balaban J connectivity index is 2.11. The quantitative estimate of drug-likeness (QED) is 0.782. The molecular weight excluding hydrogens is 180 g/mol. The highest BCUT2D eigenvalue weighted by Crippen LogP contribution is 2.26. The molecular formula is C11H12O3. The van der Waals surface area contributed by atoms with Crippen LogP contribution in [0.5, 0.6) is 0 Å². The number of aliphatic hydroxyl groups excluding tert-OH is 1. The van der Waals surface area contributed by atoms with Crippen LogP contribution in [0.25, 0.3) is 0 Å². The van der Waals surface area contributed by atoms with Crippen LogP contribution in [-0.4, -0.2) is 5.11 Å². The Kier molecular flexibility index (Phi) is 2.31. The third-order valence-electron chi connectivity index (χ3n) is 2.18. The summed E-state index contributed by atoms with van der Waals surface area (Å²) >= 11 is 0. The molecule has 1 unspecified atom stereocenters. The minimum atomic E-state index is -0.499. The molecule has 0 spiro atoms. The number of benzene rings is 1. The first-order valence-corrected chi connectivity index (χ1v) is 4.59. The van der Waals surface area contributed by atoms with Gasteiger partial charge in [-0.1, -0.05) is 31.2 Å². The fraction of sp³-hybridized carbons (Fsp3) is 0.273. The predicted octanol–water partition coefficient (Wildman–Crippen LogP) is 2.65. The van der Waals surface area contributed by atoms with Gasteiger partial charge in [-0.05, 0) is 12.0 Å². The largest absolute Gasteiger partial charge is 0.479 e. The van der Waals surface area contributed by atoms with Gasteiger partial charge in [-0.15, -0.1) is 0 Å². The normalized spacial score (nSPS) is 19.8. The van der Waals surface area contributed by atoms with Gasteiger partial charge in [0.25, 0.3) is 6.29 Å². The number of aliphatic hydroxyl groups is 1. The molecule has 1 N–H and O–H groups in total. The van der Waals surface area contributed by atoms with E-state index in [1.54, 1.807) is 0 Å². The molecule has 3 nitrogen and oxygen atoms in total. The summed E-state index contributed by atoms with van der Waals surface area (Å²) in [5.41, 5.74) is 2.17. The van der Waals surface area contributed by atoms with E-state index in [0.717, 1.165) is 12.0 Å². The molecule has 0 fully saturated rings. The van der Waals surface area contributed by atoms with Crippen molar-refractivity contribution < 1.29 is 14.6 Å². The Morgan fingerprint density at radius 1 is 1.29 bits per heavy atom. The lowest BCUT2D eigenvalue weighted by Crippen LogP contribution is -1.99. The summed E-state index contributed by atoms with van der Waals surface area (Å²) in [4.78, 5) is 0. The molecule has 0 amide bonds. The number of aryl methyl sites for hydroxylation is 1. The van der Waals surface area contributed by atoms with Gasteiger partial charge >= 0.3 is 5.95 Å². The monoisotopic (exact) mass is 192 g/mol. The summed E-state index contributed by atoms with van der Waals surface area (Å²) in [7, 11) is 0. The fourth-order valence-corrected chi connectivity index (χ4v) is 1.34. The zero-order valence-electron chi connectivity index (χ0n) is 7.93. The van der Waals surface area contributed by atoms with Gasteiger partial charge in [-0.25, -0.2) is 0 Å². The van der Waals surface area contributed by atoms with Crippen LogP contribution >= 0.6 is 0 Å². The van der Waals surface area contributed by atoms with Crippen molar-refractivity contribution in [1.29, 1.82) is 0 Å². The zero-order valence-corrected chi connectivity index (χ0v) is 7.93. The lowest BCUT2D eigenvalue weighted by molar-refractivity contribution is -0.0601. The molecule has 1 atom stereocenters. The van der Waals surface area contributed by atoms with Crippen molar-refractivity contribution in [3.05, 3.63) is 47.6 Å². The maximum Gasteiger partial charge on any atom is 0.316 e. The summed E-state index contributed by atoms with van der Waals surface area (Å²) in [6.45, 7) is 2.10. The van der Waals surface area contributed by atoms with Crippen molar-refractivity contribution in [3.63, 3.8) is 0 Å². The second kappa shape index (κ2) is 3.62. The van der Waals surface area contributed by atoms with E-state index in [2.05, 4.69) is 6.92 Å². The molecule has 0 aliphatic carbocycles. The molecule has 1 aliphatic heterocycles. The van der Waals surface area contributed by atoms with Gasteiger partial charge in [-0.3, -0.25) is 0 Å². The molecule has 2 rings (SSSR count). The second-order valence-corrected chi connectivity index (χ2v) is 3.14. The minimum absolute atomic E-state index is 0.172. The van der Waals surface area contributed by atoms with Crippen LogP contribution in [0.15, 0.2) is 36.5 Å². The van der Waals surface area contributed by atoms with Gasteiger partial charge in [0.1, 0.15) is 0 Å². The summed E-state index contributed by atoms with van der Waals surface area (Å²) in [6.07, 6.45) is 1.72. The Bertz CT molecular complexity index is 340. The summed E-state index contributed by atoms with van der Waals surface area (Å²) < 4.78 is 10.1. The third-order valence-corrected chi connectivity index (χ3v) is 2.18. The Labute approximate surface area is 82.6 Å². The molecule has 1 aromatic rings. The van der Waals surface area contributed by atoms with Gasteiger partial charge in [0.05, 0.1) is 0 Å². The third kappa shape index (κ3) is 1.66. The van der Waals surface area contributed by atoms with Crippen LogP contribution in [0.4, 0.5) is 0 Å². The molecule has 14 heavy (non-hydrogen) atoms. The van der Waals surface area contributed by atoms with Crippen molar-refractivity contribution in [2.24, 2.45) is 0 Å².